The molecular weight excluding hydrogens is 246 g/mol. The fourth-order valence-electron chi connectivity index (χ4n) is 1.47. The molecule has 0 spiro atoms. The van der Waals surface area contributed by atoms with Gasteiger partial charge in [0.25, 0.3) is 0 Å². The maximum atomic E-state index is 11.5. The average molecular weight is 261 g/mol. The predicted molar refractivity (Wildman–Crippen MR) is 70.3 cm³/mol. The number of H-pyrrole nitrogens is 1. The Balaban J connectivity index is 1.72. The lowest BCUT2D eigenvalue weighted by molar-refractivity contribution is -0.116. The first-order chi connectivity index (χ1) is 9.28. The molecule has 0 atom stereocenters. The van der Waals surface area contributed by atoms with Crippen LogP contribution in [0.15, 0.2) is 36.5 Å². The molecule has 1 aromatic carbocycles. The Bertz CT molecular complexity index is 508. The van der Waals surface area contributed by atoms with E-state index in [1.54, 1.807) is 43.6 Å². The van der Waals surface area contributed by atoms with Crippen LogP contribution in [0.5, 0.6) is 11.5 Å². The summed E-state index contributed by atoms with van der Waals surface area (Å²) in [5.74, 6) is 1.92. The lowest BCUT2D eigenvalue weighted by Gasteiger charge is -2.07. The van der Waals surface area contributed by atoms with Gasteiger partial charge in [-0.1, -0.05) is 0 Å². The van der Waals surface area contributed by atoms with Crippen molar-refractivity contribution in [2.45, 2.75) is 6.42 Å². The van der Waals surface area contributed by atoms with Crippen molar-refractivity contribution in [3.63, 3.8) is 0 Å². The number of hydrogen-bond acceptors (Lipinski definition) is 4. The van der Waals surface area contributed by atoms with E-state index in [4.69, 9.17) is 9.47 Å². The van der Waals surface area contributed by atoms with Crippen molar-refractivity contribution in [3.05, 3.63) is 36.5 Å². The molecule has 0 aliphatic carbocycles. The first-order valence-electron chi connectivity index (χ1n) is 5.84. The second kappa shape index (κ2) is 6.44. The summed E-state index contributed by atoms with van der Waals surface area (Å²) >= 11 is 0. The van der Waals surface area contributed by atoms with Crippen LogP contribution < -0.4 is 14.8 Å². The highest BCUT2D eigenvalue weighted by Crippen LogP contribution is 2.17. The molecule has 0 fully saturated rings. The summed E-state index contributed by atoms with van der Waals surface area (Å²) in [6, 6.07) is 8.89. The van der Waals surface area contributed by atoms with Crippen LogP contribution in [-0.4, -0.2) is 29.8 Å². The predicted octanol–water partition coefficient (Wildman–Crippen LogP) is 1.83. The van der Waals surface area contributed by atoms with Gasteiger partial charge in [0.2, 0.25) is 5.91 Å². The van der Waals surface area contributed by atoms with Gasteiger partial charge in [-0.2, -0.15) is 5.10 Å². The van der Waals surface area contributed by atoms with Crippen LogP contribution in [0.3, 0.4) is 0 Å². The van der Waals surface area contributed by atoms with Crippen molar-refractivity contribution in [1.29, 1.82) is 0 Å². The third-order valence-electron chi connectivity index (χ3n) is 2.43. The third-order valence-corrected chi connectivity index (χ3v) is 2.43. The largest absolute Gasteiger partial charge is 0.497 e. The zero-order valence-electron chi connectivity index (χ0n) is 10.6. The van der Waals surface area contributed by atoms with Crippen molar-refractivity contribution >= 4 is 11.7 Å². The molecule has 0 saturated heterocycles. The molecule has 2 rings (SSSR count). The monoisotopic (exact) mass is 261 g/mol. The number of nitrogens with one attached hydrogen (secondary N) is 2. The van der Waals surface area contributed by atoms with Gasteiger partial charge >= 0.3 is 0 Å². The van der Waals surface area contributed by atoms with Crippen LogP contribution >= 0.6 is 0 Å². The standard InChI is InChI=1S/C13H15N3O3/c1-18-10-2-4-11(5-3-10)19-9-7-13(17)15-12-6-8-14-16-12/h2-6,8H,7,9H2,1H3,(H2,14,15,16,17). The zero-order chi connectivity index (χ0) is 13.5. The van der Waals surface area contributed by atoms with Gasteiger partial charge in [0, 0.05) is 6.07 Å². The number of benzene rings is 1. The minimum Gasteiger partial charge on any atom is -0.497 e. The van der Waals surface area contributed by atoms with Crippen LogP contribution in [0.4, 0.5) is 5.82 Å². The van der Waals surface area contributed by atoms with Gasteiger partial charge in [0.05, 0.1) is 26.3 Å². The summed E-state index contributed by atoms with van der Waals surface area (Å²) in [7, 11) is 1.61. The number of amides is 1. The maximum absolute atomic E-state index is 11.5. The van der Waals surface area contributed by atoms with Crippen molar-refractivity contribution in [2.75, 3.05) is 19.0 Å². The molecule has 100 valence electrons. The van der Waals surface area contributed by atoms with Gasteiger partial charge in [0.1, 0.15) is 17.3 Å². The molecule has 2 aromatic rings. The Labute approximate surface area is 110 Å². The summed E-state index contributed by atoms with van der Waals surface area (Å²) in [5, 5.41) is 9.06. The fraction of sp³-hybridized carbons (Fsp3) is 0.231. The molecule has 19 heavy (non-hydrogen) atoms. The molecule has 0 radical (unpaired) electrons. The first kappa shape index (κ1) is 12.9. The number of ether oxygens (including phenoxy) is 2. The molecule has 0 aliphatic heterocycles. The van der Waals surface area contributed by atoms with E-state index in [9.17, 15) is 4.79 Å². The normalized spacial score (nSPS) is 9.95. The van der Waals surface area contributed by atoms with Crippen LogP contribution in [-0.2, 0) is 4.79 Å². The summed E-state index contributed by atoms with van der Waals surface area (Å²) in [4.78, 5) is 11.5. The highest BCUT2D eigenvalue weighted by Gasteiger charge is 2.03. The lowest BCUT2D eigenvalue weighted by atomic mass is 10.3. The summed E-state index contributed by atoms with van der Waals surface area (Å²) < 4.78 is 10.5. The number of aromatic nitrogens is 2. The third kappa shape index (κ3) is 4.02. The molecule has 1 aromatic heterocycles. The topological polar surface area (TPSA) is 76.2 Å². The highest BCUT2D eigenvalue weighted by atomic mass is 16.5. The molecule has 1 heterocycles. The number of nitrogens with zero attached hydrogens (tertiary/aromatic N) is 1. The molecular formula is C13H15N3O3. The second-order valence-corrected chi connectivity index (χ2v) is 3.79. The van der Waals surface area contributed by atoms with E-state index in [0.717, 1.165) is 5.75 Å². The molecule has 0 unspecified atom stereocenters. The number of methoxy groups -OCH3 is 1. The van der Waals surface area contributed by atoms with Crippen LogP contribution in [0.1, 0.15) is 6.42 Å². The number of anilines is 1. The quantitative estimate of drug-likeness (QED) is 0.831. The van der Waals surface area contributed by atoms with E-state index < -0.39 is 0 Å². The molecule has 6 nitrogen and oxygen atoms in total. The Morgan fingerprint density at radius 1 is 1.26 bits per heavy atom. The minimum absolute atomic E-state index is 0.127. The van der Waals surface area contributed by atoms with E-state index in [1.165, 1.54) is 0 Å². The first-order valence-corrected chi connectivity index (χ1v) is 5.84. The maximum Gasteiger partial charge on any atom is 0.228 e. The van der Waals surface area contributed by atoms with Gasteiger partial charge in [-0.05, 0) is 24.3 Å². The number of carbonyl (C=O) groups excluding carboxylic acids is 1. The van der Waals surface area contributed by atoms with Gasteiger partial charge in [-0.25, -0.2) is 0 Å². The molecule has 1 amide bonds. The summed E-state index contributed by atoms with van der Waals surface area (Å²) in [5.41, 5.74) is 0. The molecule has 0 bridgehead atoms. The van der Waals surface area contributed by atoms with Crippen LogP contribution in [0.25, 0.3) is 0 Å². The van der Waals surface area contributed by atoms with E-state index in [-0.39, 0.29) is 12.3 Å². The van der Waals surface area contributed by atoms with Crippen molar-refractivity contribution < 1.29 is 14.3 Å². The van der Waals surface area contributed by atoms with Gasteiger partial charge < -0.3 is 14.8 Å². The average Bonchev–Trinajstić information content (AvgIpc) is 2.92. The van der Waals surface area contributed by atoms with Crippen molar-refractivity contribution in [2.24, 2.45) is 0 Å². The smallest absolute Gasteiger partial charge is 0.228 e. The summed E-state index contributed by atoms with van der Waals surface area (Å²) in [6.07, 6.45) is 1.84. The van der Waals surface area contributed by atoms with E-state index >= 15 is 0 Å². The molecule has 0 aliphatic rings. The molecule has 0 saturated carbocycles. The van der Waals surface area contributed by atoms with E-state index in [0.29, 0.717) is 18.2 Å². The lowest BCUT2D eigenvalue weighted by Crippen LogP contribution is -2.15. The molecule has 6 heteroatoms. The minimum atomic E-state index is -0.127. The van der Waals surface area contributed by atoms with E-state index in [2.05, 4.69) is 15.5 Å². The van der Waals surface area contributed by atoms with E-state index in [1.807, 2.05) is 0 Å². The Morgan fingerprint density at radius 2 is 2.00 bits per heavy atom. The number of rotatable bonds is 6. The fourth-order valence-corrected chi connectivity index (χ4v) is 1.47. The Kier molecular flexibility index (Phi) is 4.39. The number of aromatic amines is 1. The van der Waals surface area contributed by atoms with Gasteiger partial charge in [-0.3, -0.25) is 9.89 Å². The Hall–Kier alpha value is -2.50. The Morgan fingerprint density at radius 3 is 2.63 bits per heavy atom. The van der Waals surface area contributed by atoms with Gasteiger partial charge in [0.15, 0.2) is 0 Å². The van der Waals surface area contributed by atoms with Crippen molar-refractivity contribution in [3.8, 4) is 11.5 Å². The van der Waals surface area contributed by atoms with Crippen LogP contribution in [0.2, 0.25) is 0 Å². The van der Waals surface area contributed by atoms with Crippen molar-refractivity contribution in [1.82, 2.24) is 10.2 Å². The molecule has 2 N–H and O–H groups in total. The second-order valence-electron chi connectivity index (χ2n) is 3.79. The van der Waals surface area contributed by atoms with Crippen LogP contribution in [0, 0.1) is 0 Å². The number of hydrogen-bond donors (Lipinski definition) is 2. The highest BCUT2D eigenvalue weighted by molar-refractivity contribution is 5.89. The number of carbonyl (C=O) groups is 1. The summed E-state index contributed by atoms with van der Waals surface area (Å²) in [6.45, 7) is 0.312. The zero-order valence-corrected chi connectivity index (χ0v) is 10.6. The SMILES string of the molecule is COc1ccc(OCCC(=O)Nc2ccn[nH]2)cc1. The van der Waals surface area contributed by atoms with Gasteiger partial charge in [-0.15, -0.1) is 0 Å².